The Morgan fingerprint density at radius 2 is 1.97 bits per heavy atom. The normalized spacial score (nSPS) is 20.6. The first-order valence-electron chi connectivity index (χ1n) is 10.4. The molecule has 6 heteroatoms. The second-order valence-electron chi connectivity index (χ2n) is 7.98. The minimum Gasteiger partial charge on any atom is -0.468 e. The smallest absolute Gasteiger partial charge is 0.226 e. The van der Waals surface area contributed by atoms with E-state index >= 15 is 0 Å². The Bertz CT molecular complexity index is 942. The van der Waals surface area contributed by atoms with Crippen molar-refractivity contribution in [1.82, 2.24) is 19.4 Å². The zero-order valence-corrected chi connectivity index (χ0v) is 16.5. The number of nitrogens with zero attached hydrogens (tertiary/aromatic N) is 4. The molecule has 0 aliphatic carbocycles. The first-order chi connectivity index (χ1) is 14.3. The molecule has 0 spiro atoms. The number of aromatic nitrogens is 2. The molecule has 3 aromatic heterocycles. The van der Waals surface area contributed by atoms with Gasteiger partial charge in [0.2, 0.25) is 5.91 Å². The number of hydrogen-bond acceptors (Lipinski definition) is 4. The van der Waals surface area contributed by atoms with Crippen molar-refractivity contribution in [3.05, 3.63) is 78.3 Å². The molecule has 0 aromatic carbocycles. The topological polar surface area (TPSA) is 54.5 Å². The standard InChI is InChI=1S/C23H26N4O2/c28-23(18-7-11-25(12-8-18)17-20-5-3-15-29-20)27-14-13-26-10-2-6-21(26)22(27)19-4-1-9-24-16-19/h1-6,9-10,15-16,18,22H,7-8,11-14,17H2. The van der Waals surface area contributed by atoms with Crippen LogP contribution in [0.1, 0.15) is 35.9 Å². The molecule has 0 saturated carbocycles. The molecule has 1 amide bonds. The number of hydrogen-bond donors (Lipinski definition) is 0. The third-order valence-corrected chi connectivity index (χ3v) is 6.22. The SMILES string of the molecule is O=C(C1CCN(Cc2ccco2)CC1)N1CCn2cccc2C1c1cccnc1. The van der Waals surface area contributed by atoms with E-state index in [4.69, 9.17) is 4.42 Å². The van der Waals surface area contributed by atoms with E-state index in [-0.39, 0.29) is 17.9 Å². The van der Waals surface area contributed by atoms with Crippen LogP contribution in [0.3, 0.4) is 0 Å². The predicted octanol–water partition coefficient (Wildman–Crippen LogP) is 3.32. The van der Waals surface area contributed by atoms with Gasteiger partial charge in [-0.05, 0) is 61.8 Å². The quantitative estimate of drug-likeness (QED) is 0.686. The number of carbonyl (C=O) groups is 1. The molecule has 1 atom stereocenters. The van der Waals surface area contributed by atoms with E-state index in [9.17, 15) is 4.79 Å². The molecule has 1 fully saturated rings. The molecule has 1 unspecified atom stereocenters. The van der Waals surface area contributed by atoms with Crippen LogP contribution in [-0.4, -0.2) is 44.9 Å². The summed E-state index contributed by atoms with van der Waals surface area (Å²) in [6.07, 6.45) is 9.30. The molecule has 29 heavy (non-hydrogen) atoms. The van der Waals surface area contributed by atoms with E-state index in [1.807, 2.05) is 24.4 Å². The highest BCUT2D eigenvalue weighted by atomic mass is 16.3. The molecular weight excluding hydrogens is 364 g/mol. The Morgan fingerprint density at radius 1 is 1.07 bits per heavy atom. The zero-order valence-electron chi connectivity index (χ0n) is 16.5. The van der Waals surface area contributed by atoms with Gasteiger partial charge in [-0.25, -0.2) is 0 Å². The lowest BCUT2D eigenvalue weighted by molar-refractivity contribution is -0.140. The van der Waals surface area contributed by atoms with E-state index in [1.165, 1.54) is 5.69 Å². The van der Waals surface area contributed by atoms with Gasteiger partial charge in [-0.15, -0.1) is 0 Å². The van der Waals surface area contributed by atoms with Gasteiger partial charge in [-0.1, -0.05) is 6.07 Å². The van der Waals surface area contributed by atoms with Crippen LogP contribution in [-0.2, 0) is 17.9 Å². The maximum Gasteiger partial charge on any atom is 0.226 e. The highest BCUT2D eigenvalue weighted by molar-refractivity contribution is 5.80. The first-order valence-corrected chi connectivity index (χ1v) is 10.4. The minimum atomic E-state index is -0.0545. The average Bonchev–Trinajstić information content (AvgIpc) is 3.45. The summed E-state index contributed by atoms with van der Waals surface area (Å²) in [5.74, 6) is 1.36. The van der Waals surface area contributed by atoms with Crippen LogP contribution in [0.5, 0.6) is 0 Å². The molecule has 0 bridgehead atoms. The summed E-state index contributed by atoms with van der Waals surface area (Å²) < 4.78 is 7.73. The van der Waals surface area contributed by atoms with Gasteiger partial charge in [0.25, 0.3) is 0 Å². The van der Waals surface area contributed by atoms with Crippen molar-refractivity contribution in [2.75, 3.05) is 19.6 Å². The van der Waals surface area contributed by atoms with Gasteiger partial charge in [0.05, 0.1) is 18.8 Å². The molecular formula is C23H26N4O2. The van der Waals surface area contributed by atoms with Gasteiger partial charge in [0, 0.05) is 43.3 Å². The Morgan fingerprint density at radius 3 is 2.72 bits per heavy atom. The Hall–Kier alpha value is -2.86. The van der Waals surface area contributed by atoms with Crippen molar-refractivity contribution in [3.8, 4) is 0 Å². The number of fused-ring (bicyclic) bond motifs is 1. The number of rotatable bonds is 4. The summed E-state index contributed by atoms with van der Waals surface area (Å²) in [6.45, 7) is 4.27. The number of pyridine rings is 1. The van der Waals surface area contributed by atoms with E-state index < -0.39 is 0 Å². The van der Waals surface area contributed by atoms with Gasteiger partial charge in [0.1, 0.15) is 5.76 Å². The second-order valence-corrected chi connectivity index (χ2v) is 7.98. The van der Waals surface area contributed by atoms with Crippen LogP contribution < -0.4 is 0 Å². The van der Waals surface area contributed by atoms with Crippen molar-refractivity contribution in [2.45, 2.75) is 32.0 Å². The third-order valence-electron chi connectivity index (χ3n) is 6.22. The lowest BCUT2D eigenvalue weighted by atomic mass is 9.92. The average molecular weight is 390 g/mol. The fourth-order valence-corrected chi connectivity index (χ4v) is 4.70. The van der Waals surface area contributed by atoms with E-state index in [0.717, 1.165) is 56.9 Å². The summed E-state index contributed by atoms with van der Waals surface area (Å²) in [7, 11) is 0. The monoisotopic (exact) mass is 390 g/mol. The van der Waals surface area contributed by atoms with Crippen molar-refractivity contribution in [2.24, 2.45) is 5.92 Å². The van der Waals surface area contributed by atoms with Gasteiger partial charge in [0.15, 0.2) is 0 Å². The van der Waals surface area contributed by atoms with Crippen LogP contribution >= 0.6 is 0 Å². The maximum atomic E-state index is 13.6. The molecule has 0 radical (unpaired) electrons. The predicted molar refractivity (Wildman–Crippen MR) is 109 cm³/mol. The molecule has 2 aliphatic heterocycles. The largest absolute Gasteiger partial charge is 0.468 e. The summed E-state index contributed by atoms with van der Waals surface area (Å²) in [5, 5.41) is 0. The maximum absolute atomic E-state index is 13.6. The fraction of sp³-hybridized carbons (Fsp3) is 0.391. The van der Waals surface area contributed by atoms with Crippen molar-refractivity contribution in [1.29, 1.82) is 0 Å². The minimum absolute atomic E-state index is 0.0545. The van der Waals surface area contributed by atoms with Gasteiger partial charge in [-0.3, -0.25) is 14.7 Å². The van der Waals surface area contributed by atoms with Crippen molar-refractivity contribution >= 4 is 5.91 Å². The summed E-state index contributed by atoms with van der Waals surface area (Å²) in [6, 6.07) is 12.1. The van der Waals surface area contributed by atoms with Crippen LogP contribution in [0.2, 0.25) is 0 Å². The molecule has 6 nitrogen and oxygen atoms in total. The van der Waals surface area contributed by atoms with Crippen molar-refractivity contribution in [3.63, 3.8) is 0 Å². The summed E-state index contributed by atoms with van der Waals surface area (Å²) in [4.78, 5) is 22.3. The molecule has 5 rings (SSSR count). The van der Waals surface area contributed by atoms with E-state index in [0.29, 0.717) is 0 Å². The van der Waals surface area contributed by atoms with Gasteiger partial charge >= 0.3 is 0 Å². The number of carbonyl (C=O) groups excluding carboxylic acids is 1. The fourth-order valence-electron chi connectivity index (χ4n) is 4.70. The van der Waals surface area contributed by atoms with Crippen LogP contribution in [0.15, 0.2) is 65.7 Å². The summed E-state index contributed by atoms with van der Waals surface area (Å²) >= 11 is 0. The third kappa shape index (κ3) is 3.60. The van der Waals surface area contributed by atoms with Crippen molar-refractivity contribution < 1.29 is 9.21 Å². The zero-order chi connectivity index (χ0) is 19.6. The highest BCUT2D eigenvalue weighted by Crippen LogP contribution is 2.34. The first kappa shape index (κ1) is 18.2. The Kier molecular flexibility index (Phi) is 4.94. The molecule has 5 heterocycles. The summed E-state index contributed by atoms with van der Waals surface area (Å²) in [5.41, 5.74) is 2.25. The number of amides is 1. The van der Waals surface area contributed by atoms with Gasteiger partial charge in [-0.2, -0.15) is 0 Å². The Labute approximate surface area is 170 Å². The van der Waals surface area contributed by atoms with E-state index in [1.54, 1.807) is 12.5 Å². The second kappa shape index (κ2) is 7.87. The number of likely N-dealkylation sites (tertiary alicyclic amines) is 1. The molecule has 2 aliphatic rings. The number of furan rings is 1. The van der Waals surface area contributed by atoms with Crippen LogP contribution in [0, 0.1) is 5.92 Å². The highest BCUT2D eigenvalue weighted by Gasteiger charge is 2.36. The molecule has 1 saturated heterocycles. The van der Waals surface area contributed by atoms with Crippen LogP contribution in [0.25, 0.3) is 0 Å². The lowest BCUT2D eigenvalue weighted by Crippen LogP contribution is -2.47. The Balaban J connectivity index is 1.31. The number of piperidine rings is 1. The molecule has 150 valence electrons. The van der Waals surface area contributed by atoms with Crippen LogP contribution in [0.4, 0.5) is 0 Å². The molecule has 0 N–H and O–H groups in total. The lowest BCUT2D eigenvalue weighted by Gasteiger charge is -2.40. The molecule has 3 aromatic rings. The van der Waals surface area contributed by atoms with E-state index in [2.05, 4.69) is 43.7 Å². The van der Waals surface area contributed by atoms with Gasteiger partial charge < -0.3 is 13.9 Å².